The number of esters is 3. The van der Waals surface area contributed by atoms with Gasteiger partial charge in [-0.25, -0.2) is 0 Å². The van der Waals surface area contributed by atoms with Gasteiger partial charge in [0.05, 0.1) is 0 Å². The summed E-state index contributed by atoms with van der Waals surface area (Å²) in [6, 6.07) is 0. The van der Waals surface area contributed by atoms with Crippen molar-refractivity contribution in [1.82, 2.24) is 0 Å². The predicted molar refractivity (Wildman–Crippen MR) is 215 cm³/mol. The molecule has 0 aliphatic carbocycles. The Labute approximate surface area is 315 Å². The Morgan fingerprint density at radius 1 is 0.373 bits per heavy atom. The first-order chi connectivity index (χ1) is 25.0. The van der Waals surface area contributed by atoms with Gasteiger partial charge in [-0.2, -0.15) is 0 Å². The molecule has 1 atom stereocenters. The summed E-state index contributed by atoms with van der Waals surface area (Å²) in [5.74, 6) is -0.900. The molecule has 0 amide bonds. The summed E-state index contributed by atoms with van der Waals surface area (Å²) >= 11 is 0. The number of carbonyl (C=O) groups excluding carboxylic acids is 3. The van der Waals surface area contributed by atoms with E-state index in [-0.39, 0.29) is 31.1 Å². The highest BCUT2D eigenvalue weighted by atomic mass is 16.6. The van der Waals surface area contributed by atoms with Crippen LogP contribution in [0.1, 0.15) is 226 Å². The molecule has 0 heterocycles. The predicted octanol–water partition coefficient (Wildman–Crippen LogP) is 13.6. The summed E-state index contributed by atoms with van der Waals surface area (Å²) in [4.78, 5) is 37.5. The Hall–Kier alpha value is -2.11. The molecule has 51 heavy (non-hydrogen) atoms. The van der Waals surface area contributed by atoms with Crippen molar-refractivity contribution in [1.29, 1.82) is 0 Å². The van der Waals surface area contributed by atoms with Crippen LogP contribution >= 0.6 is 0 Å². The van der Waals surface area contributed by atoms with E-state index in [1.54, 1.807) is 0 Å². The van der Waals surface area contributed by atoms with Crippen molar-refractivity contribution < 1.29 is 28.6 Å². The van der Waals surface area contributed by atoms with Gasteiger partial charge in [-0.15, -0.1) is 0 Å². The zero-order chi connectivity index (χ0) is 37.3. The highest BCUT2D eigenvalue weighted by Gasteiger charge is 2.19. The zero-order valence-corrected chi connectivity index (χ0v) is 33.9. The van der Waals surface area contributed by atoms with Crippen LogP contribution in [0.3, 0.4) is 0 Å². The van der Waals surface area contributed by atoms with E-state index < -0.39 is 6.10 Å². The highest BCUT2D eigenvalue weighted by molar-refractivity contribution is 5.71. The number of hydrogen-bond donors (Lipinski definition) is 0. The largest absolute Gasteiger partial charge is 0.462 e. The molecule has 0 aliphatic rings. The Kier molecular flexibility index (Phi) is 39.0. The standard InChI is InChI=1S/C45H82O6/c1-4-7-10-13-16-18-20-21-22-23-25-26-29-32-35-38-44(47)50-41-42(40-49-43(46)37-34-31-28-15-12-9-6-3)51-45(48)39-36-33-30-27-24-19-17-14-11-8-5-2/h14,17,21-22,42H,4-13,15-16,18-20,23-41H2,1-3H3/b17-14-,22-21-. The molecule has 0 radical (unpaired) electrons. The average molecular weight is 719 g/mol. The summed E-state index contributed by atoms with van der Waals surface area (Å²) in [7, 11) is 0. The van der Waals surface area contributed by atoms with Gasteiger partial charge in [0.25, 0.3) is 0 Å². The van der Waals surface area contributed by atoms with Crippen LogP contribution in [0, 0.1) is 0 Å². The number of hydrogen-bond acceptors (Lipinski definition) is 6. The molecule has 0 bridgehead atoms. The van der Waals surface area contributed by atoms with E-state index in [0.717, 1.165) is 77.0 Å². The van der Waals surface area contributed by atoms with Crippen LogP contribution in [0.15, 0.2) is 24.3 Å². The maximum absolute atomic E-state index is 12.6. The molecular weight excluding hydrogens is 636 g/mol. The van der Waals surface area contributed by atoms with Crippen molar-refractivity contribution in [2.75, 3.05) is 13.2 Å². The Balaban J connectivity index is 4.31. The van der Waals surface area contributed by atoms with E-state index in [1.165, 1.54) is 109 Å². The molecule has 1 unspecified atom stereocenters. The number of rotatable bonds is 39. The normalized spacial score (nSPS) is 12.1. The van der Waals surface area contributed by atoms with Gasteiger partial charge in [-0.3, -0.25) is 14.4 Å². The van der Waals surface area contributed by atoms with Crippen LogP contribution in [0.5, 0.6) is 0 Å². The minimum Gasteiger partial charge on any atom is -0.462 e. The van der Waals surface area contributed by atoms with E-state index in [9.17, 15) is 14.4 Å². The molecule has 6 heteroatoms. The minimum atomic E-state index is -0.770. The van der Waals surface area contributed by atoms with E-state index in [1.807, 2.05) is 0 Å². The molecule has 0 saturated heterocycles. The Morgan fingerprint density at radius 3 is 1.04 bits per heavy atom. The summed E-state index contributed by atoms with van der Waals surface area (Å²) in [6.45, 7) is 6.53. The quantitative estimate of drug-likeness (QED) is 0.0272. The number of ether oxygens (including phenoxy) is 3. The van der Waals surface area contributed by atoms with Gasteiger partial charge in [0.15, 0.2) is 6.10 Å². The van der Waals surface area contributed by atoms with E-state index in [2.05, 4.69) is 45.1 Å². The summed E-state index contributed by atoms with van der Waals surface area (Å²) in [5, 5.41) is 0. The maximum atomic E-state index is 12.6. The lowest BCUT2D eigenvalue weighted by molar-refractivity contribution is -0.167. The second-order valence-electron chi connectivity index (χ2n) is 14.6. The molecule has 0 N–H and O–H groups in total. The Morgan fingerprint density at radius 2 is 0.667 bits per heavy atom. The molecule has 0 spiro atoms. The fourth-order valence-corrected chi connectivity index (χ4v) is 6.06. The first-order valence-electron chi connectivity index (χ1n) is 21.8. The van der Waals surface area contributed by atoms with Gasteiger partial charge in [-0.05, 0) is 64.2 Å². The summed E-state index contributed by atoms with van der Waals surface area (Å²) in [6.07, 6.45) is 43.1. The van der Waals surface area contributed by atoms with Gasteiger partial charge in [0, 0.05) is 19.3 Å². The Bertz CT molecular complexity index is 835. The fourth-order valence-electron chi connectivity index (χ4n) is 6.06. The van der Waals surface area contributed by atoms with Crippen LogP contribution in [-0.2, 0) is 28.6 Å². The van der Waals surface area contributed by atoms with Crippen molar-refractivity contribution in [2.24, 2.45) is 0 Å². The third-order valence-electron chi connectivity index (χ3n) is 9.43. The molecule has 0 aliphatic heterocycles. The third kappa shape index (κ3) is 38.9. The van der Waals surface area contributed by atoms with Crippen molar-refractivity contribution in [3.8, 4) is 0 Å². The molecule has 298 valence electrons. The smallest absolute Gasteiger partial charge is 0.306 e. The van der Waals surface area contributed by atoms with Gasteiger partial charge >= 0.3 is 17.9 Å². The van der Waals surface area contributed by atoms with E-state index in [4.69, 9.17) is 14.2 Å². The van der Waals surface area contributed by atoms with E-state index in [0.29, 0.717) is 19.3 Å². The zero-order valence-electron chi connectivity index (χ0n) is 33.9. The first-order valence-corrected chi connectivity index (χ1v) is 21.8. The number of allylic oxidation sites excluding steroid dienone is 4. The van der Waals surface area contributed by atoms with Crippen LogP contribution in [0.4, 0.5) is 0 Å². The molecule has 0 aromatic carbocycles. The first kappa shape index (κ1) is 48.9. The van der Waals surface area contributed by atoms with Gasteiger partial charge in [0.2, 0.25) is 0 Å². The SMILES string of the molecule is CCCC/C=C\CCCCCCCC(=O)OC(COC(=O)CCCCCCC/C=C\CCCCCCCC)COC(=O)CCCCCCCCC. The molecule has 0 aromatic rings. The summed E-state index contributed by atoms with van der Waals surface area (Å²) in [5.41, 5.74) is 0. The van der Waals surface area contributed by atoms with Crippen molar-refractivity contribution in [3.63, 3.8) is 0 Å². The van der Waals surface area contributed by atoms with Crippen molar-refractivity contribution in [2.45, 2.75) is 232 Å². The van der Waals surface area contributed by atoms with Crippen LogP contribution in [-0.4, -0.2) is 37.2 Å². The maximum Gasteiger partial charge on any atom is 0.306 e. The molecule has 0 rings (SSSR count). The van der Waals surface area contributed by atoms with Crippen molar-refractivity contribution >= 4 is 17.9 Å². The minimum absolute atomic E-state index is 0.0759. The second-order valence-corrected chi connectivity index (χ2v) is 14.6. The molecular formula is C45H82O6. The monoisotopic (exact) mass is 719 g/mol. The number of unbranched alkanes of at least 4 members (excludes halogenated alkanes) is 24. The lowest BCUT2D eigenvalue weighted by Gasteiger charge is -2.18. The molecule has 0 aromatic heterocycles. The number of carbonyl (C=O) groups is 3. The van der Waals surface area contributed by atoms with Crippen LogP contribution < -0.4 is 0 Å². The fraction of sp³-hybridized carbons (Fsp3) is 0.844. The highest BCUT2D eigenvalue weighted by Crippen LogP contribution is 2.13. The van der Waals surface area contributed by atoms with E-state index >= 15 is 0 Å². The average Bonchev–Trinajstić information content (AvgIpc) is 3.12. The van der Waals surface area contributed by atoms with Gasteiger partial charge in [0.1, 0.15) is 13.2 Å². The summed E-state index contributed by atoms with van der Waals surface area (Å²) < 4.78 is 16.6. The third-order valence-corrected chi connectivity index (χ3v) is 9.43. The lowest BCUT2D eigenvalue weighted by atomic mass is 10.1. The van der Waals surface area contributed by atoms with Gasteiger partial charge < -0.3 is 14.2 Å². The lowest BCUT2D eigenvalue weighted by Crippen LogP contribution is -2.30. The molecule has 6 nitrogen and oxygen atoms in total. The van der Waals surface area contributed by atoms with Crippen LogP contribution in [0.2, 0.25) is 0 Å². The van der Waals surface area contributed by atoms with Gasteiger partial charge in [-0.1, -0.05) is 167 Å². The van der Waals surface area contributed by atoms with Crippen molar-refractivity contribution in [3.05, 3.63) is 24.3 Å². The topological polar surface area (TPSA) is 78.9 Å². The molecule has 0 saturated carbocycles. The molecule has 0 fully saturated rings. The second kappa shape index (κ2) is 40.7. The van der Waals surface area contributed by atoms with Crippen LogP contribution in [0.25, 0.3) is 0 Å².